The zero-order valence-corrected chi connectivity index (χ0v) is 8.72. The van der Waals surface area contributed by atoms with E-state index < -0.39 is 0 Å². The predicted octanol–water partition coefficient (Wildman–Crippen LogP) is 0.913. The van der Waals surface area contributed by atoms with Crippen molar-refractivity contribution in [3.05, 3.63) is 0 Å². The van der Waals surface area contributed by atoms with Crippen molar-refractivity contribution in [3.63, 3.8) is 0 Å². The first-order valence-electron chi connectivity index (χ1n) is 0.408. The third kappa shape index (κ3) is 9.49. The van der Waals surface area contributed by atoms with Crippen LogP contribution >= 0.6 is 20.9 Å². The van der Waals surface area contributed by atoms with Gasteiger partial charge in [0.1, 0.15) is 0 Å². The van der Waals surface area contributed by atoms with E-state index in [1.807, 2.05) is 0 Å². The van der Waals surface area contributed by atoms with E-state index >= 15 is 0 Å². The summed E-state index contributed by atoms with van der Waals surface area (Å²) in [5.41, 5.74) is 0. The smallest absolute Gasteiger partial charge is 0 e. The van der Waals surface area contributed by atoms with Crippen LogP contribution in [-0.4, -0.2) is 12.1 Å². The minimum atomic E-state index is -0.333. The summed E-state index contributed by atoms with van der Waals surface area (Å²) in [6.07, 6.45) is 0. The maximum atomic E-state index is 4.33. The minimum Gasteiger partial charge on any atom is 0 e. The van der Waals surface area contributed by atoms with Crippen molar-refractivity contribution >= 4 is 33.0 Å². The molecule has 0 bridgehead atoms. The first-order valence-corrected chi connectivity index (χ1v) is 6.36. The monoisotopic (exact) mass is 202 g/mol. The summed E-state index contributed by atoms with van der Waals surface area (Å²) < 4.78 is 0. The Bertz CT molecular complexity index is 27.0. The van der Waals surface area contributed by atoms with E-state index in [1.54, 1.807) is 0 Å². The summed E-state index contributed by atoms with van der Waals surface area (Å²) in [4.78, 5) is 0. The SMILES string of the molecule is [S]=[Ge]=[S].[Zn]. The molecule has 0 aliphatic heterocycles. The summed E-state index contributed by atoms with van der Waals surface area (Å²) in [5, 5.41) is 0. The fourth-order valence-electron chi connectivity index (χ4n) is 0. The Morgan fingerprint density at radius 3 is 1.25 bits per heavy atom. The molecule has 0 aromatic heterocycles. The second kappa shape index (κ2) is 8.82. The van der Waals surface area contributed by atoms with E-state index in [1.165, 1.54) is 0 Å². The van der Waals surface area contributed by atoms with Crippen LogP contribution in [0, 0.1) is 0 Å². The van der Waals surface area contributed by atoms with Crippen LogP contribution in [-0.2, 0) is 19.5 Å². The molecule has 0 saturated carbocycles. The van der Waals surface area contributed by atoms with Crippen molar-refractivity contribution in [3.8, 4) is 0 Å². The molecule has 0 atom stereocenters. The van der Waals surface area contributed by atoms with Crippen molar-refractivity contribution in [2.75, 3.05) is 0 Å². The van der Waals surface area contributed by atoms with Gasteiger partial charge in [-0.1, -0.05) is 0 Å². The van der Waals surface area contributed by atoms with Crippen molar-refractivity contribution in [1.29, 1.82) is 0 Å². The van der Waals surface area contributed by atoms with Crippen LogP contribution in [0.4, 0.5) is 0 Å². The van der Waals surface area contributed by atoms with E-state index in [9.17, 15) is 0 Å². The Morgan fingerprint density at radius 1 is 1.25 bits per heavy atom. The Morgan fingerprint density at radius 2 is 1.25 bits per heavy atom. The second-order valence-corrected chi connectivity index (χ2v) is 3.90. The van der Waals surface area contributed by atoms with Crippen molar-refractivity contribution in [2.24, 2.45) is 0 Å². The van der Waals surface area contributed by atoms with Crippen molar-refractivity contribution < 1.29 is 19.5 Å². The molecule has 0 aromatic rings. The van der Waals surface area contributed by atoms with Crippen LogP contribution in [0.2, 0.25) is 0 Å². The van der Waals surface area contributed by atoms with E-state index in [0.29, 0.717) is 0 Å². The number of hydrogen-bond acceptors (Lipinski definition) is 2. The Kier molecular flexibility index (Phi) is 20.2. The summed E-state index contributed by atoms with van der Waals surface area (Å²) in [6, 6.07) is 0. The molecule has 0 amide bonds. The third-order valence-electron chi connectivity index (χ3n) is 0. The van der Waals surface area contributed by atoms with Gasteiger partial charge in [-0.15, -0.1) is 0 Å². The van der Waals surface area contributed by atoms with Gasteiger partial charge in [0.2, 0.25) is 0 Å². The minimum absolute atomic E-state index is 0. The van der Waals surface area contributed by atoms with E-state index in [0.717, 1.165) is 0 Å². The molecule has 0 aliphatic rings. The molecule has 0 spiro atoms. The molecule has 0 aromatic carbocycles. The van der Waals surface area contributed by atoms with Crippen molar-refractivity contribution in [2.45, 2.75) is 0 Å². The quantitative estimate of drug-likeness (QED) is 0.535. The molecule has 0 N–H and O–H groups in total. The zero-order chi connectivity index (χ0) is 2.71. The molecule has 4 heavy (non-hydrogen) atoms. The van der Waals surface area contributed by atoms with Gasteiger partial charge in [-0.2, -0.15) is 0 Å². The molecule has 0 aliphatic carbocycles. The van der Waals surface area contributed by atoms with Crippen LogP contribution < -0.4 is 0 Å². The average molecular weight is 202 g/mol. The van der Waals surface area contributed by atoms with Gasteiger partial charge in [-0.05, 0) is 0 Å². The molecular weight excluding hydrogens is 202 g/mol. The zero-order valence-electron chi connectivity index (χ0n) is 2.02. The molecule has 0 heterocycles. The van der Waals surface area contributed by atoms with E-state index in [4.69, 9.17) is 0 Å². The Balaban J connectivity index is 0. The van der Waals surface area contributed by atoms with Crippen LogP contribution in [0.5, 0.6) is 0 Å². The molecule has 4 heteroatoms. The topological polar surface area (TPSA) is 0 Å². The van der Waals surface area contributed by atoms with Crippen LogP contribution in [0.1, 0.15) is 0 Å². The second-order valence-electron chi connectivity index (χ2n) is 0.0833. The van der Waals surface area contributed by atoms with Gasteiger partial charge in [-0.25, -0.2) is 0 Å². The maximum Gasteiger partial charge on any atom is 0 e. The summed E-state index contributed by atoms with van der Waals surface area (Å²) in [5.74, 6) is 0. The Labute approximate surface area is 52.2 Å². The first kappa shape index (κ1) is 9.15. The van der Waals surface area contributed by atoms with Gasteiger partial charge in [0, 0.05) is 19.5 Å². The number of hydrogen-bond donors (Lipinski definition) is 0. The summed E-state index contributed by atoms with van der Waals surface area (Å²) in [7, 11) is 8.67. The first-order chi connectivity index (χ1) is 1.41. The summed E-state index contributed by atoms with van der Waals surface area (Å²) in [6.45, 7) is 0. The van der Waals surface area contributed by atoms with Gasteiger partial charge in [0.05, 0.1) is 0 Å². The third-order valence-corrected chi connectivity index (χ3v) is 0. The molecule has 0 fully saturated rings. The molecule has 0 rings (SSSR count). The standard InChI is InChI=1S/GeS2.Zn/c2-1-3;. The molecule has 0 nitrogen and oxygen atoms in total. The normalized spacial score (nSPS) is 2.00. The van der Waals surface area contributed by atoms with Gasteiger partial charge in [0.25, 0.3) is 0 Å². The molecule has 18 valence electrons. The van der Waals surface area contributed by atoms with Gasteiger partial charge >= 0.3 is 33.0 Å². The molecule has 0 unspecified atom stereocenters. The fourth-order valence-corrected chi connectivity index (χ4v) is 0. The maximum absolute atomic E-state index is 4.33. The van der Waals surface area contributed by atoms with Crippen molar-refractivity contribution in [1.82, 2.24) is 0 Å². The van der Waals surface area contributed by atoms with Crippen LogP contribution in [0.15, 0.2) is 0 Å². The average Bonchev–Trinajstić information content (AvgIpc) is 0.918. The largest absolute Gasteiger partial charge is 0 e. The Hall–Kier alpha value is 1.61. The van der Waals surface area contributed by atoms with Gasteiger partial charge < -0.3 is 0 Å². The van der Waals surface area contributed by atoms with Gasteiger partial charge in [0.15, 0.2) is 0 Å². The summed E-state index contributed by atoms with van der Waals surface area (Å²) >= 11 is -0.333. The van der Waals surface area contributed by atoms with E-state index in [2.05, 4.69) is 20.9 Å². The molecule has 0 saturated heterocycles. The van der Waals surface area contributed by atoms with Crippen LogP contribution in [0.3, 0.4) is 0 Å². The van der Waals surface area contributed by atoms with Gasteiger partial charge in [-0.3, -0.25) is 0 Å². The number of rotatable bonds is 0. The van der Waals surface area contributed by atoms with Crippen LogP contribution in [0.25, 0.3) is 0 Å². The predicted molar refractivity (Wildman–Crippen MR) is 20.9 cm³/mol. The molecular formula is GeS2Zn. The van der Waals surface area contributed by atoms with E-state index in [-0.39, 0.29) is 31.6 Å². The molecule has 0 radical (unpaired) electrons. The fraction of sp³-hybridized carbons (Fsp3) is 0.